The number of methoxy groups -OCH3 is 1. The Kier molecular flexibility index (Phi) is 6.83. The van der Waals surface area contributed by atoms with Gasteiger partial charge in [-0.3, -0.25) is 14.6 Å². The second-order valence-electron chi connectivity index (χ2n) is 7.95. The van der Waals surface area contributed by atoms with Crippen LogP contribution in [0.2, 0.25) is 0 Å². The molecule has 1 aliphatic rings. The van der Waals surface area contributed by atoms with E-state index >= 15 is 0 Å². The van der Waals surface area contributed by atoms with Gasteiger partial charge in [-0.1, -0.05) is 6.07 Å². The van der Waals surface area contributed by atoms with E-state index in [4.69, 9.17) is 4.74 Å². The molecule has 12 heteroatoms. The van der Waals surface area contributed by atoms with Crippen LogP contribution in [0.3, 0.4) is 0 Å². The molecule has 184 valence electrons. The second-order valence-corrected chi connectivity index (χ2v) is 7.95. The van der Waals surface area contributed by atoms with E-state index in [9.17, 15) is 27.2 Å². The molecular formula is C23H20F4N4O4. The number of pyridine rings is 1. The number of nitrogens with one attached hydrogen (secondary N) is 2. The number of aromatic nitrogens is 3. The van der Waals surface area contributed by atoms with Crippen molar-refractivity contribution in [2.24, 2.45) is 0 Å². The van der Waals surface area contributed by atoms with Gasteiger partial charge in [0.2, 0.25) is 0 Å². The molecule has 1 saturated carbocycles. The number of carbonyl (C=O) groups excluding carboxylic acids is 1. The van der Waals surface area contributed by atoms with Gasteiger partial charge in [0.25, 0.3) is 11.5 Å². The number of benzene rings is 1. The molecule has 0 aliphatic heterocycles. The minimum Gasteiger partial charge on any atom is -0.403 e. The molecular weight excluding hydrogens is 472 g/mol. The molecule has 1 atom stereocenters. The van der Waals surface area contributed by atoms with Gasteiger partial charge in [0.1, 0.15) is 11.4 Å². The van der Waals surface area contributed by atoms with Crippen LogP contribution in [0.4, 0.5) is 17.6 Å². The van der Waals surface area contributed by atoms with Gasteiger partial charge in [-0.2, -0.15) is 0 Å². The molecule has 1 aromatic carbocycles. The number of ether oxygens (including phenoxy) is 2. The summed E-state index contributed by atoms with van der Waals surface area (Å²) in [5, 5.41) is 2.56. The number of nitrogens with zero attached hydrogens (tertiary/aromatic N) is 2. The number of carbonyl (C=O) groups is 1. The molecule has 2 N–H and O–H groups in total. The van der Waals surface area contributed by atoms with E-state index in [1.54, 1.807) is 12.3 Å². The normalized spacial score (nSPS) is 14.4. The van der Waals surface area contributed by atoms with E-state index in [0.717, 1.165) is 42.7 Å². The van der Waals surface area contributed by atoms with Crippen LogP contribution in [0.25, 0.3) is 11.5 Å². The molecule has 1 aliphatic carbocycles. The topological polar surface area (TPSA) is 106 Å². The number of halogens is 4. The lowest BCUT2D eigenvalue weighted by Gasteiger charge is -2.19. The van der Waals surface area contributed by atoms with Gasteiger partial charge >= 0.3 is 6.36 Å². The summed E-state index contributed by atoms with van der Waals surface area (Å²) >= 11 is 0. The Morgan fingerprint density at radius 2 is 2.00 bits per heavy atom. The molecule has 0 spiro atoms. The van der Waals surface area contributed by atoms with Crippen molar-refractivity contribution in [3.8, 4) is 17.3 Å². The highest BCUT2D eigenvalue weighted by Gasteiger charge is 2.32. The Morgan fingerprint density at radius 1 is 1.23 bits per heavy atom. The smallest absolute Gasteiger partial charge is 0.403 e. The molecule has 0 bridgehead atoms. The van der Waals surface area contributed by atoms with Crippen molar-refractivity contribution in [1.29, 1.82) is 0 Å². The Balaban J connectivity index is 1.57. The van der Waals surface area contributed by atoms with Crippen molar-refractivity contribution in [1.82, 2.24) is 20.3 Å². The molecule has 1 fully saturated rings. The highest BCUT2D eigenvalue weighted by Crippen LogP contribution is 2.40. The fraction of sp³-hybridized carbons (Fsp3) is 0.304. The first-order chi connectivity index (χ1) is 16.6. The maximum Gasteiger partial charge on any atom is 0.573 e. The van der Waals surface area contributed by atoms with Crippen LogP contribution in [0.1, 0.15) is 46.4 Å². The maximum absolute atomic E-state index is 14.2. The van der Waals surface area contributed by atoms with Gasteiger partial charge < -0.3 is 19.8 Å². The van der Waals surface area contributed by atoms with Crippen molar-refractivity contribution in [2.45, 2.75) is 31.2 Å². The van der Waals surface area contributed by atoms with Gasteiger partial charge in [-0.05, 0) is 54.2 Å². The molecule has 4 rings (SSSR count). The molecule has 35 heavy (non-hydrogen) atoms. The molecule has 2 heterocycles. The van der Waals surface area contributed by atoms with E-state index in [2.05, 4.69) is 25.0 Å². The lowest BCUT2D eigenvalue weighted by molar-refractivity contribution is -0.275. The number of rotatable bonds is 8. The number of H-pyrrole nitrogens is 1. The summed E-state index contributed by atoms with van der Waals surface area (Å²) in [4.78, 5) is 36.1. The zero-order chi connectivity index (χ0) is 25.2. The predicted octanol–water partition coefficient (Wildman–Crippen LogP) is 3.86. The third-order valence-electron chi connectivity index (χ3n) is 5.27. The number of alkyl halides is 3. The SMILES string of the molecule is COC[C@@H](NC(=O)c1cc(=O)[nH]c(-c2cc(C3CC3)ccn2)n1)c1ccc(OC(F)(F)F)c(F)c1. The highest BCUT2D eigenvalue weighted by atomic mass is 19.4. The lowest BCUT2D eigenvalue weighted by atomic mass is 10.1. The van der Waals surface area contributed by atoms with Crippen LogP contribution >= 0.6 is 0 Å². The molecule has 0 radical (unpaired) electrons. The fourth-order valence-electron chi connectivity index (χ4n) is 3.50. The van der Waals surface area contributed by atoms with E-state index in [-0.39, 0.29) is 23.7 Å². The van der Waals surface area contributed by atoms with E-state index in [1.165, 1.54) is 7.11 Å². The molecule has 1 amide bonds. The molecule has 3 aromatic rings. The summed E-state index contributed by atoms with van der Waals surface area (Å²) in [5.41, 5.74) is 0.781. The van der Waals surface area contributed by atoms with Crippen molar-refractivity contribution in [3.63, 3.8) is 0 Å². The van der Waals surface area contributed by atoms with E-state index in [1.807, 2.05) is 6.07 Å². The maximum atomic E-state index is 14.2. The minimum absolute atomic E-state index is 0.105. The summed E-state index contributed by atoms with van der Waals surface area (Å²) in [6.45, 7) is -0.133. The summed E-state index contributed by atoms with van der Waals surface area (Å²) in [6, 6.07) is 6.49. The van der Waals surface area contributed by atoms with Crippen LogP contribution in [-0.4, -0.2) is 40.9 Å². The quantitative estimate of drug-likeness (QED) is 0.463. The zero-order valence-electron chi connectivity index (χ0n) is 18.4. The van der Waals surface area contributed by atoms with Crippen molar-refractivity contribution >= 4 is 5.91 Å². The first kappa shape index (κ1) is 24.3. The molecule has 8 nitrogen and oxygen atoms in total. The van der Waals surface area contributed by atoms with Gasteiger partial charge in [-0.15, -0.1) is 13.2 Å². The fourth-order valence-corrected chi connectivity index (χ4v) is 3.50. The number of amides is 1. The average molecular weight is 492 g/mol. The van der Waals surface area contributed by atoms with E-state index in [0.29, 0.717) is 11.6 Å². The predicted molar refractivity (Wildman–Crippen MR) is 115 cm³/mol. The van der Waals surface area contributed by atoms with Crippen LogP contribution < -0.4 is 15.6 Å². The van der Waals surface area contributed by atoms with Gasteiger partial charge in [-0.25, -0.2) is 9.37 Å². The van der Waals surface area contributed by atoms with Crippen LogP contribution in [-0.2, 0) is 4.74 Å². The summed E-state index contributed by atoms with van der Waals surface area (Å²) in [6.07, 6.45) is -1.31. The Bertz CT molecular complexity index is 1290. The largest absolute Gasteiger partial charge is 0.573 e. The van der Waals surface area contributed by atoms with Crippen LogP contribution in [0.15, 0.2) is 47.4 Å². The zero-order valence-corrected chi connectivity index (χ0v) is 18.4. The Hall–Kier alpha value is -3.80. The van der Waals surface area contributed by atoms with Gasteiger partial charge in [0.15, 0.2) is 17.4 Å². The first-order valence-electron chi connectivity index (χ1n) is 10.6. The molecule has 2 aromatic heterocycles. The van der Waals surface area contributed by atoms with E-state index < -0.39 is 35.4 Å². The summed E-state index contributed by atoms with van der Waals surface area (Å²) < 4.78 is 60.1. The van der Waals surface area contributed by atoms with Gasteiger partial charge in [0.05, 0.1) is 12.6 Å². The summed E-state index contributed by atoms with van der Waals surface area (Å²) in [5.74, 6) is -2.50. The number of aromatic amines is 1. The third kappa shape index (κ3) is 6.21. The van der Waals surface area contributed by atoms with Crippen molar-refractivity contribution in [3.05, 3.63) is 75.6 Å². The second kappa shape index (κ2) is 9.82. The molecule has 0 unspecified atom stereocenters. The third-order valence-corrected chi connectivity index (χ3v) is 5.27. The number of hydrogen-bond acceptors (Lipinski definition) is 6. The molecule has 0 saturated heterocycles. The minimum atomic E-state index is -5.06. The number of hydrogen-bond donors (Lipinski definition) is 2. The highest BCUT2D eigenvalue weighted by molar-refractivity contribution is 5.92. The lowest BCUT2D eigenvalue weighted by Crippen LogP contribution is -2.33. The summed E-state index contributed by atoms with van der Waals surface area (Å²) in [7, 11) is 1.33. The standard InChI is InChI=1S/C23H20F4N4O4/c1-34-11-18(14-4-5-19(15(24)8-14)35-23(25,26)27)30-22(33)17-10-20(32)31-21(29-17)16-9-13(6-7-28-16)12-2-3-12/h4-10,12,18H,2-3,11H2,1H3,(H,30,33)(H,29,31,32)/t18-/m1/s1. The Labute approximate surface area is 196 Å². The van der Waals surface area contributed by atoms with Crippen molar-refractivity contribution < 1.29 is 31.8 Å². The van der Waals surface area contributed by atoms with Crippen molar-refractivity contribution in [2.75, 3.05) is 13.7 Å². The monoisotopic (exact) mass is 492 g/mol. The Morgan fingerprint density at radius 3 is 2.66 bits per heavy atom. The average Bonchev–Trinajstić information content (AvgIpc) is 3.64. The van der Waals surface area contributed by atoms with Gasteiger partial charge in [0, 0.05) is 19.4 Å². The van der Waals surface area contributed by atoms with Crippen LogP contribution in [0.5, 0.6) is 5.75 Å². The van der Waals surface area contributed by atoms with Crippen LogP contribution in [0, 0.1) is 5.82 Å². The first-order valence-corrected chi connectivity index (χ1v) is 10.6.